The van der Waals surface area contributed by atoms with Crippen LogP contribution < -0.4 is 10.1 Å². The van der Waals surface area contributed by atoms with E-state index in [1.165, 1.54) is 5.56 Å². The molecule has 0 fully saturated rings. The summed E-state index contributed by atoms with van der Waals surface area (Å²) >= 11 is 3.51. The van der Waals surface area contributed by atoms with E-state index in [0.717, 1.165) is 55.8 Å². The van der Waals surface area contributed by atoms with Crippen molar-refractivity contribution in [2.24, 2.45) is 0 Å². The van der Waals surface area contributed by atoms with Crippen LogP contribution in [0.4, 0.5) is 0 Å². The van der Waals surface area contributed by atoms with Crippen LogP contribution in [-0.2, 0) is 11.3 Å². The first-order valence-corrected chi connectivity index (χ1v) is 7.68. The van der Waals surface area contributed by atoms with Gasteiger partial charge < -0.3 is 14.8 Å². The normalized spacial score (nSPS) is 10.7. The largest absolute Gasteiger partial charge is 0.493 e. The average molecular weight is 330 g/mol. The molecule has 1 aromatic rings. The molecule has 1 rings (SSSR count). The fourth-order valence-electron chi connectivity index (χ4n) is 1.76. The van der Waals surface area contributed by atoms with Crippen LogP contribution in [0, 0.1) is 0 Å². The number of halogens is 1. The lowest BCUT2D eigenvalue weighted by atomic mass is 10.2. The number of benzene rings is 1. The van der Waals surface area contributed by atoms with E-state index < -0.39 is 0 Å². The second-order valence-corrected chi connectivity index (χ2v) is 5.39. The van der Waals surface area contributed by atoms with Crippen LogP contribution in [0.3, 0.4) is 0 Å². The molecule has 0 aliphatic carbocycles. The lowest BCUT2D eigenvalue weighted by molar-refractivity contribution is 0.192. The van der Waals surface area contributed by atoms with E-state index in [9.17, 15) is 0 Å². The van der Waals surface area contributed by atoms with Gasteiger partial charge in [0.2, 0.25) is 0 Å². The minimum atomic E-state index is 0.766. The quantitative estimate of drug-likeness (QED) is 0.663. The molecule has 0 radical (unpaired) electrons. The van der Waals surface area contributed by atoms with Crippen LogP contribution >= 0.6 is 15.9 Å². The van der Waals surface area contributed by atoms with Gasteiger partial charge in [0.15, 0.2) is 0 Å². The molecule has 0 heterocycles. The lowest BCUT2D eigenvalue weighted by Crippen LogP contribution is -2.16. The number of unbranched alkanes of at least 4 members (excludes halogenated alkanes) is 1. The smallest absolute Gasteiger partial charge is 0.123 e. The molecule has 0 aliphatic rings. The number of ether oxygens (including phenoxy) is 2. The van der Waals surface area contributed by atoms with Gasteiger partial charge in [-0.15, -0.1) is 0 Å². The summed E-state index contributed by atoms with van der Waals surface area (Å²) in [7, 11) is 1.74. The van der Waals surface area contributed by atoms with Crippen molar-refractivity contribution in [1.29, 1.82) is 0 Å². The zero-order valence-corrected chi connectivity index (χ0v) is 13.5. The zero-order valence-electron chi connectivity index (χ0n) is 11.9. The summed E-state index contributed by atoms with van der Waals surface area (Å²) in [6, 6.07) is 6.17. The van der Waals surface area contributed by atoms with Crippen LogP contribution in [0.15, 0.2) is 22.7 Å². The van der Waals surface area contributed by atoms with Gasteiger partial charge in [-0.05, 0) is 44.0 Å². The first kappa shape index (κ1) is 16.5. The van der Waals surface area contributed by atoms with Crippen LogP contribution in [0.5, 0.6) is 5.75 Å². The SMILES string of the molecule is CCCOc1ccc(Br)cc1CNCCCCOC. The highest BCUT2D eigenvalue weighted by atomic mass is 79.9. The first-order chi connectivity index (χ1) is 9.27. The van der Waals surface area contributed by atoms with E-state index in [1.807, 2.05) is 12.1 Å². The number of methoxy groups -OCH3 is 1. The molecule has 0 atom stereocenters. The van der Waals surface area contributed by atoms with Crippen LogP contribution in [0.25, 0.3) is 0 Å². The Kier molecular flexibility index (Phi) is 8.88. The third-order valence-corrected chi connectivity index (χ3v) is 3.24. The highest BCUT2D eigenvalue weighted by Gasteiger charge is 2.04. The van der Waals surface area contributed by atoms with Crippen molar-refractivity contribution in [1.82, 2.24) is 5.32 Å². The maximum Gasteiger partial charge on any atom is 0.123 e. The van der Waals surface area contributed by atoms with Crippen LogP contribution in [0.1, 0.15) is 31.7 Å². The summed E-state index contributed by atoms with van der Waals surface area (Å²) in [6.07, 6.45) is 3.26. The second kappa shape index (κ2) is 10.2. The van der Waals surface area contributed by atoms with Gasteiger partial charge in [0, 0.05) is 30.3 Å². The van der Waals surface area contributed by atoms with Gasteiger partial charge in [-0.1, -0.05) is 22.9 Å². The molecular weight excluding hydrogens is 306 g/mol. The molecule has 0 amide bonds. The van der Waals surface area contributed by atoms with Crippen molar-refractivity contribution in [2.45, 2.75) is 32.7 Å². The molecule has 0 aliphatic heterocycles. The molecule has 0 aromatic heterocycles. The summed E-state index contributed by atoms with van der Waals surface area (Å²) < 4.78 is 11.9. The molecule has 4 heteroatoms. The van der Waals surface area contributed by atoms with E-state index in [-0.39, 0.29) is 0 Å². The topological polar surface area (TPSA) is 30.5 Å². The van der Waals surface area contributed by atoms with E-state index >= 15 is 0 Å². The van der Waals surface area contributed by atoms with Crippen molar-refractivity contribution >= 4 is 15.9 Å². The molecule has 1 aromatic carbocycles. The second-order valence-electron chi connectivity index (χ2n) is 4.48. The van der Waals surface area contributed by atoms with Gasteiger partial charge in [-0.3, -0.25) is 0 Å². The van der Waals surface area contributed by atoms with E-state index in [1.54, 1.807) is 7.11 Å². The number of hydrogen-bond donors (Lipinski definition) is 1. The number of nitrogens with one attached hydrogen (secondary N) is 1. The van der Waals surface area contributed by atoms with Gasteiger partial charge in [0.1, 0.15) is 5.75 Å². The Balaban J connectivity index is 2.39. The lowest BCUT2D eigenvalue weighted by Gasteiger charge is -2.12. The van der Waals surface area contributed by atoms with Crippen LogP contribution in [0.2, 0.25) is 0 Å². The highest BCUT2D eigenvalue weighted by Crippen LogP contribution is 2.23. The van der Waals surface area contributed by atoms with E-state index in [2.05, 4.69) is 34.2 Å². The Morgan fingerprint density at radius 1 is 1.21 bits per heavy atom. The summed E-state index contributed by atoms with van der Waals surface area (Å²) in [6.45, 7) is 5.56. The maximum absolute atomic E-state index is 5.76. The zero-order chi connectivity index (χ0) is 13.9. The Bertz CT molecular complexity index is 358. The van der Waals surface area contributed by atoms with Crippen molar-refractivity contribution < 1.29 is 9.47 Å². The third-order valence-electron chi connectivity index (χ3n) is 2.75. The van der Waals surface area contributed by atoms with Crippen molar-refractivity contribution in [3.63, 3.8) is 0 Å². The third kappa shape index (κ3) is 6.95. The molecule has 0 spiro atoms. The Labute approximate surface area is 124 Å². The summed E-state index contributed by atoms with van der Waals surface area (Å²) in [5.74, 6) is 0.981. The molecule has 0 saturated carbocycles. The van der Waals surface area contributed by atoms with Gasteiger partial charge in [-0.2, -0.15) is 0 Å². The summed E-state index contributed by atoms with van der Waals surface area (Å²) in [5.41, 5.74) is 1.20. The summed E-state index contributed by atoms with van der Waals surface area (Å²) in [5, 5.41) is 3.45. The fraction of sp³-hybridized carbons (Fsp3) is 0.600. The maximum atomic E-state index is 5.76. The molecule has 3 nitrogen and oxygen atoms in total. The first-order valence-electron chi connectivity index (χ1n) is 6.88. The van der Waals surface area contributed by atoms with Crippen molar-refractivity contribution in [2.75, 3.05) is 26.9 Å². The average Bonchev–Trinajstić information content (AvgIpc) is 2.42. The number of hydrogen-bond acceptors (Lipinski definition) is 3. The van der Waals surface area contributed by atoms with Gasteiger partial charge >= 0.3 is 0 Å². The van der Waals surface area contributed by atoms with Crippen LogP contribution in [-0.4, -0.2) is 26.9 Å². The predicted molar refractivity (Wildman–Crippen MR) is 82.7 cm³/mol. The van der Waals surface area contributed by atoms with Gasteiger partial charge in [-0.25, -0.2) is 0 Å². The Morgan fingerprint density at radius 3 is 2.79 bits per heavy atom. The monoisotopic (exact) mass is 329 g/mol. The van der Waals surface area contributed by atoms with Crippen molar-refractivity contribution in [3.8, 4) is 5.75 Å². The Morgan fingerprint density at radius 2 is 2.05 bits per heavy atom. The molecule has 0 saturated heterocycles. The molecule has 0 unspecified atom stereocenters. The predicted octanol–water partition coefficient (Wildman–Crippen LogP) is 3.75. The number of rotatable bonds is 10. The minimum Gasteiger partial charge on any atom is -0.493 e. The van der Waals surface area contributed by atoms with E-state index in [0.29, 0.717) is 0 Å². The van der Waals surface area contributed by atoms with Crippen molar-refractivity contribution in [3.05, 3.63) is 28.2 Å². The van der Waals surface area contributed by atoms with E-state index in [4.69, 9.17) is 9.47 Å². The minimum absolute atomic E-state index is 0.766. The molecule has 19 heavy (non-hydrogen) atoms. The fourth-order valence-corrected chi connectivity index (χ4v) is 2.17. The molecule has 108 valence electrons. The van der Waals surface area contributed by atoms with Gasteiger partial charge in [0.05, 0.1) is 6.61 Å². The molecule has 0 bridgehead atoms. The summed E-state index contributed by atoms with van der Waals surface area (Å²) in [4.78, 5) is 0. The standard InChI is InChI=1S/C15H24BrNO2/c1-3-9-19-15-7-6-14(16)11-13(15)12-17-8-4-5-10-18-2/h6-7,11,17H,3-5,8-10,12H2,1-2H3. The molecule has 1 N–H and O–H groups in total. The van der Waals surface area contributed by atoms with Gasteiger partial charge in [0.25, 0.3) is 0 Å². The Hall–Kier alpha value is -0.580. The molecular formula is C15H24BrNO2. The highest BCUT2D eigenvalue weighted by molar-refractivity contribution is 9.10.